The number of hydrogen-bond acceptors (Lipinski definition) is 5. The molecule has 2 aromatic heterocycles. The van der Waals surface area contributed by atoms with E-state index in [0.717, 1.165) is 27.9 Å². The van der Waals surface area contributed by atoms with Gasteiger partial charge in [0.2, 0.25) is 5.88 Å². The fourth-order valence-electron chi connectivity index (χ4n) is 5.30. The van der Waals surface area contributed by atoms with Gasteiger partial charge in [-0.25, -0.2) is 15.0 Å². The van der Waals surface area contributed by atoms with E-state index < -0.39 is 0 Å². The molecule has 46 heavy (non-hydrogen) atoms. The van der Waals surface area contributed by atoms with Gasteiger partial charge in [-0.05, 0) is 87.7 Å². The lowest BCUT2D eigenvalue weighted by Gasteiger charge is -2.26. The van der Waals surface area contributed by atoms with Crippen LogP contribution in [0.1, 0.15) is 52.7 Å². The largest absolute Gasteiger partial charge is 0.507 e. The molecule has 0 bridgehead atoms. The molecule has 2 heterocycles. The van der Waals surface area contributed by atoms with E-state index in [1.165, 1.54) is 11.1 Å². The van der Waals surface area contributed by atoms with Gasteiger partial charge in [0, 0.05) is 23.4 Å². The number of phenolic OH excluding ortho intramolecular Hbond substituents is 1. The van der Waals surface area contributed by atoms with Gasteiger partial charge >= 0.3 is 0 Å². The molecule has 0 aliphatic rings. The quantitative estimate of drug-likeness (QED) is 0.205. The second-order valence-corrected chi connectivity index (χ2v) is 13.7. The molecule has 5 heteroatoms. The lowest BCUT2D eigenvalue weighted by molar-refractivity contribution is 0.463. The standard InChI is InChI=1S/C41H39N3O2/c1-40(2,3)31-21-30(22-32(25-31)41(4,5)6)36-26-35(43-39(44-36)34-16-10-11-17-37(34)45)29-20-28(27-14-8-7-9-15-27)23-33(24-29)46-38-18-12-13-19-42-38/h7-26,45H,1-6H3. The summed E-state index contributed by atoms with van der Waals surface area (Å²) in [6.45, 7) is 13.4. The van der Waals surface area contributed by atoms with Gasteiger partial charge in [-0.15, -0.1) is 0 Å². The topological polar surface area (TPSA) is 68.1 Å². The zero-order valence-electron chi connectivity index (χ0n) is 27.2. The van der Waals surface area contributed by atoms with E-state index in [9.17, 15) is 5.11 Å². The lowest BCUT2D eigenvalue weighted by atomic mass is 9.79. The molecular formula is C41H39N3O2. The van der Waals surface area contributed by atoms with Crippen molar-refractivity contribution in [3.05, 3.63) is 133 Å². The van der Waals surface area contributed by atoms with Crippen LogP contribution in [-0.2, 0) is 10.8 Å². The molecule has 5 nitrogen and oxygen atoms in total. The first-order valence-corrected chi connectivity index (χ1v) is 15.6. The van der Waals surface area contributed by atoms with E-state index in [2.05, 4.69) is 82.9 Å². The van der Waals surface area contributed by atoms with Gasteiger partial charge in [0.1, 0.15) is 11.5 Å². The number of aromatic nitrogens is 3. The molecule has 6 aromatic rings. The number of pyridine rings is 1. The Balaban J connectivity index is 1.60. The van der Waals surface area contributed by atoms with Crippen LogP contribution in [0.3, 0.4) is 0 Å². The Hall–Kier alpha value is -5.29. The highest BCUT2D eigenvalue weighted by molar-refractivity contribution is 5.78. The second kappa shape index (κ2) is 12.2. The van der Waals surface area contributed by atoms with Crippen LogP contribution in [0.4, 0.5) is 0 Å². The van der Waals surface area contributed by atoms with Crippen LogP contribution >= 0.6 is 0 Å². The van der Waals surface area contributed by atoms with E-state index in [4.69, 9.17) is 14.7 Å². The Labute approximate surface area is 271 Å². The normalized spacial score (nSPS) is 11.8. The fraction of sp³-hybridized carbons (Fsp3) is 0.195. The number of aromatic hydroxyl groups is 1. The first kappa shape index (κ1) is 30.7. The fourth-order valence-corrected chi connectivity index (χ4v) is 5.30. The molecule has 230 valence electrons. The third kappa shape index (κ3) is 6.84. The molecule has 0 atom stereocenters. The molecule has 0 fully saturated rings. The Morgan fingerprint density at radius 2 is 1.13 bits per heavy atom. The van der Waals surface area contributed by atoms with Crippen molar-refractivity contribution in [1.29, 1.82) is 0 Å². The SMILES string of the molecule is CC(C)(C)c1cc(-c2cc(-c3cc(Oc4ccccn4)cc(-c4ccccc4)c3)nc(-c3ccccc3O)n2)cc(C(C)(C)C)c1. The Morgan fingerprint density at radius 1 is 0.543 bits per heavy atom. The highest BCUT2D eigenvalue weighted by Crippen LogP contribution is 2.38. The minimum absolute atomic E-state index is 0.0614. The maximum Gasteiger partial charge on any atom is 0.219 e. The van der Waals surface area contributed by atoms with E-state index in [1.54, 1.807) is 18.3 Å². The second-order valence-electron chi connectivity index (χ2n) is 13.7. The van der Waals surface area contributed by atoms with Crippen LogP contribution in [0.15, 0.2) is 121 Å². The van der Waals surface area contributed by atoms with Gasteiger partial charge in [0.05, 0.1) is 17.0 Å². The maximum atomic E-state index is 10.9. The maximum absolute atomic E-state index is 10.9. The summed E-state index contributed by atoms with van der Waals surface area (Å²) in [6, 6.07) is 37.9. The monoisotopic (exact) mass is 605 g/mol. The minimum atomic E-state index is -0.0614. The van der Waals surface area contributed by atoms with Gasteiger partial charge in [-0.3, -0.25) is 0 Å². The van der Waals surface area contributed by atoms with Gasteiger partial charge < -0.3 is 9.84 Å². The molecule has 0 aliphatic carbocycles. The number of nitrogens with zero attached hydrogens (tertiary/aromatic N) is 3. The van der Waals surface area contributed by atoms with Gasteiger partial charge in [0.25, 0.3) is 0 Å². The predicted molar refractivity (Wildman–Crippen MR) is 187 cm³/mol. The van der Waals surface area contributed by atoms with E-state index in [0.29, 0.717) is 28.7 Å². The smallest absolute Gasteiger partial charge is 0.219 e. The summed E-state index contributed by atoms with van der Waals surface area (Å²) in [6.07, 6.45) is 1.71. The molecule has 0 unspecified atom stereocenters. The molecule has 0 radical (unpaired) electrons. The summed E-state index contributed by atoms with van der Waals surface area (Å²) in [7, 11) is 0. The predicted octanol–water partition coefficient (Wildman–Crippen LogP) is 10.6. The van der Waals surface area contributed by atoms with Crippen molar-refractivity contribution in [3.63, 3.8) is 0 Å². The minimum Gasteiger partial charge on any atom is -0.507 e. The molecular weight excluding hydrogens is 566 g/mol. The van der Waals surface area contributed by atoms with Crippen molar-refractivity contribution in [2.45, 2.75) is 52.4 Å². The summed E-state index contributed by atoms with van der Waals surface area (Å²) in [5.74, 6) is 1.72. The number of para-hydroxylation sites is 1. The van der Waals surface area contributed by atoms with Gasteiger partial charge in [0.15, 0.2) is 5.82 Å². The Bertz CT molecular complexity index is 1960. The number of rotatable bonds is 6. The summed E-state index contributed by atoms with van der Waals surface area (Å²) in [5, 5.41) is 10.9. The van der Waals surface area contributed by atoms with E-state index >= 15 is 0 Å². The molecule has 4 aromatic carbocycles. The van der Waals surface area contributed by atoms with Crippen molar-refractivity contribution in [2.24, 2.45) is 0 Å². The van der Waals surface area contributed by atoms with Crippen LogP contribution in [0.5, 0.6) is 17.4 Å². The van der Waals surface area contributed by atoms with E-state index in [1.807, 2.05) is 66.7 Å². The number of hydrogen-bond donors (Lipinski definition) is 1. The molecule has 6 rings (SSSR count). The molecule has 1 N–H and O–H groups in total. The van der Waals surface area contributed by atoms with Crippen LogP contribution in [0, 0.1) is 0 Å². The van der Waals surface area contributed by atoms with Crippen molar-refractivity contribution in [1.82, 2.24) is 15.0 Å². The highest BCUT2D eigenvalue weighted by atomic mass is 16.5. The van der Waals surface area contributed by atoms with Crippen LogP contribution in [0.25, 0.3) is 45.0 Å². The zero-order chi connectivity index (χ0) is 32.5. The molecule has 0 spiro atoms. The molecule has 0 amide bonds. The van der Waals surface area contributed by atoms with Gasteiger partial charge in [-0.2, -0.15) is 0 Å². The Morgan fingerprint density at radius 3 is 1.74 bits per heavy atom. The van der Waals surface area contributed by atoms with Crippen molar-refractivity contribution < 1.29 is 9.84 Å². The summed E-state index contributed by atoms with van der Waals surface area (Å²) >= 11 is 0. The Kier molecular flexibility index (Phi) is 8.18. The molecule has 0 saturated carbocycles. The molecule has 0 aliphatic heterocycles. The number of phenols is 1. The van der Waals surface area contributed by atoms with Crippen molar-refractivity contribution >= 4 is 0 Å². The van der Waals surface area contributed by atoms with Crippen LogP contribution in [-0.4, -0.2) is 20.1 Å². The lowest BCUT2D eigenvalue weighted by Crippen LogP contribution is -2.16. The summed E-state index contributed by atoms with van der Waals surface area (Å²) in [5.41, 5.74) is 8.30. The van der Waals surface area contributed by atoms with E-state index in [-0.39, 0.29) is 16.6 Å². The molecule has 0 saturated heterocycles. The highest BCUT2D eigenvalue weighted by Gasteiger charge is 2.22. The average molecular weight is 606 g/mol. The van der Waals surface area contributed by atoms with Crippen LogP contribution < -0.4 is 4.74 Å². The summed E-state index contributed by atoms with van der Waals surface area (Å²) in [4.78, 5) is 14.5. The zero-order valence-corrected chi connectivity index (χ0v) is 27.2. The summed E-state index contributed by atoms with van der Waals surface area (Å²) < 4.78 is 6.26. The van der Waals surface area contributed by atoms with Crippen molar-refractivity contribution in [2.75, 3.05) is 0 Å². The van der Waals surface area contributed by atoms with Gasteiger partial charge in [-0.1, -0.05) is 96.1 Å². The number of benzene rings is 4. The van der Waals surface area contributed by atoms with Crippen LogP contribution in [0.2, 0.25) is 0 Å². The van der Waals surface area contributed by atoms with Crippen molar-refractivity contribution in [3.8, 4) is 62.4 Å². The third-order valence-corrected chi connectivity index (χ3v) is 8.00. The average Bonchev–Trinajstić information content (AvgIpc) is 3.04. The first-order valence-electron chi connectivity index (χ1n) is 15.6. The number of ether oxygens (including phenoxy) is 1. The first-order chi connectivity index (χ1) is 21.9. The third-order valence-electron chi connectivity index (χ3n) is 8.00.